The number of likely N-dealkylation sites (N-methyl/N-ethyl adjacent to an activating group) is 1. The average molecular weight is 716 g/mol. The van der Waals surface area contributed by atoms with Gasteiger partial charge in [0.2, 0.25) is 5.95 Å². The van der Waals surface area contributed by atoms with Crippen molar-refractivity contribution in [2.75, 3.05) is 95.9 Å². The number of aromatic nitrogens is 2. The molecule has 0 radical (unpaired) electrons. The van der Waals surface area contributed by atoms with E-state index < -0.39 is 7.14 Å². The molecule has 0 unspecified atom stereocenters. The fraction of sp³-hybridized carbons (Fsp3) is 0.500. The van der Waals surface area contributed by atoms with Gasteiger partial charge in [-0.3, -0.25) is 9.89 Å². The maximum absolute atomic E-state index is 13.4. The van der Waals surface area contributed by atoms with Gasteiger partial charge in [-0.05, 0) is 82.7 Å². The quantitative estimate of drug-likeness (QED) is 0.148. The summed E-state index contributed by atoms with van der Waals surface area (Å²) in [5.41, 5.74) is 11.7. The van der Waals surface area contributed by atoms with Gasteiger partial charge in [0, 0.05) is 92.5 Å². The van der Waals surface area contributed by atoms with E-state index in [0.29, 0.717) is 47.5 Å². The van der Waals surface area contributed by atoms with Crippen LogP contribution in [0.2, 0.25) is 0 Å². The molecule has 3 heterocycles. The summed E-state index contributed by atoms with van der Waals surface area (Å²) in [4.78, 5) is 21.4. The van der Waals surface area contributed by atoms with Gasteiger partial charge in [-0.25, -0.2) is 4.98 Å². The molecule has 0 atom stereocenters. The highest BCUT2D eigenvalue weighted by Crippen LogP contribution is 2.45. The molecular weight excluding hydrogens is 661 g/mol. The van der Waals surface area contributed by atoms with Gasteiger partial charge in [0.15, 0.2) is 11.6 Å². The van der Waals surface area contributed by atoms with Gasteiger partial charge < -0.3 is 40.2 Å². The molecule has 2 aromatic carbocycles. The molecule has 0 amide bonds. The summed E-state index contributed by atoms with van der Waals surface area (Å²) in [5.74, 6) is 2.48. The van der Waals surface area contributed by atoms with Crippen LogP contribution in [0.3, 0.4) is 0 Å². The second kappa shape index (κ2) is 16.0. The highest BCUT2D eigenvalue weighted by molar-refractivity contribution is 7.70. The van der Waals surface area contributed by atoms with Crippen LogP contribution in [0.4, 0.5) is 28.8 Å². The standard InChI is InChI=1S/C38H54N9O3P/c1-7-40-24-28(23-39)30-21-32(34(49-3)22-33(30)47-14-12-29(13-15-47)46-18-16-45(2)17-19-46)43-38-41-25-35(50-4)37(44-38)42-31-11-10-27(26-8-9-26)20-36(31)51(5,6)48/h10-11,20-26,29H,7-9,12-19,39H2,1-6H3,(H2,41,42,43,44). The molecule has 4 N–H and O–H groups in total. The Labute approximate surface area is 302 Å². The van der Waals surface area contributed by atoms with Gasteiger partial charge in [-0.15, -0.1) is 0 Å². The van der Waals surface area contributed by atoms with E-state index in [9.17, 15) is 4.57 Å². The van der Waals surface area contributed by atoms with E-state index >= 15 is 0 Å². The number of hydrogen-bond donors (Lipinski definition) is 3. The Balaban J connectivity index is 1.30. The number of nitrogens with one attached hydrogen (secondary N) is 2. The number of allylic oxidation sites excluding steroid dienone is 1. The van der Waals surface area contributed by atoms with Gasteiger partial charge in [0.1, 0.15) is 12.9 Å². The normalized spacial score (nSPS) is 18.3. The molecule has 0 spiro atoms. The number of nitrogens with two attached hydrogens (primary N) is 1. The molecule has 13 heteroatoms. The third kappa shape index (κ3) is 8.68. The van der Waals surface area contributed by atoms with Crippen LogP contribution in [0, 0.1) is 0 Å². The van der Waals surface area contributed by atoms with Crippen LogP contribution in [-0.4, -0.2) is 112 Å². The lowest BCUT2D eigenvalue weighted by Gasteiger charge is -2.43. The largest absolute Gasteiger partial charge is 0.494 e. The highest BCUT2D eigenvalue weighted by atomic mass is 31.2. The minimum atomic E-state index is -2.60. The third-order valence-corrected chi connectivity index (χ3v) is 11.7. The topological polar surface area (TPSA) is 133 Å². The second-order valence-electron chi connectivity index (χ2n) is 14.1. The summed E-state index contributed by atoms with van der Waals surface area (Å²) < 4.78 is 25.0. The summed E-state index contributed by atoms with van der Waals surface area (Å²) in [6.07, 6.45) is 9.62. The molecule has 1 aromatic heterocycles. The molecule has 51 heavy (non-hydrogen) atoms. The summed E-state index contributed by atoms with van der Waals surface area (Å²) in [5, 5.41) is 7.60. The number of hydrogen-bond acceptors (Lipinski definition) is 12. The molecule has 2 saturated heterocycles. The van der Waals surface area contributed by atoms with Gasteiger partial charge in [-0.1, -0.05) is 6.07 Å². The van der Waals surface area contributed by atoms with Crippen molar-refractivity contribution < 1.29 is 14.0 Å². The van der Waals surface area contributed by atoms with Crippen molar-refractivity contribution in [3.63, 3.8) is 0 Å². The first-order valence-corrected chi connectivity index (χ1v) is 20.7. The maximum atomic E-state index is 13.4. The van der Waals surface area contributed by atoms with Gasteiger partial charge in [-0.2, -0.15) is 4.98 Å². The first-order chi connectivity index (χ1) is 24.6. The van der Waals surface area contributed by atoms with E-state index in [2.05, 4.69) is 60.6 Å². The van der Waals surface area contributed by atoms with Crippen molar-refractivity contribution >= 4 is 53.1 Å². The average Bonchev–Trinajstić information content (AvgIpc) is 3.98. The predicted molar refractivity (Wildman–Crippen MR) is 211 cm³/mol. The number of ether oxygens (including phenoxy) is 2. The Kier molecular flexibility index (Phi) is 11.5. The number of aliphatic imine (C=N–C) groups is 1. The lowest BCUT2D eigenvalue weighted by molar-refractivity contribution is 0.0982. The van der Waals surface area contributed by atoms with E-state index in [1.165, 1.54) is 18.4 Å². The van der Waals surface area contributed by atoms with Crippen molar-refractivity contribution in [2.45, 2.75) is 44.6 Å². The zero-order valence-corrected chi connectivity index (χ0v) is 31.9. The second-order valence-corrected chi connectivity index (χ2v) is 17.3. The Morgan fingerprint density at radius 3 is 2.33 bits per heavy atom. The molecule has 12 nitrogen and oxygen atoms in total. The molecule has 1 aliphatic carbocycles. The van der Waals surface area contributed by atoms with Crippen LogP contribution in [0.25, 0.3) is 5.57 Å². The van der Waals surface area contributed by atoms with Crippen LogP contribution >= 0.6 is 7.14 Å². The van der Waals surface area contributed by atoms with Crippen molar-refractivity contribution in [2.24, 2.45) is 10.7 Å². The molecular formula is C38H54N9O3P. The van der Waals surface area contributed by atoms with Crippen LogP contribution < -0.4 is 36.0 Å². The van der Waals surface area contributed by atoms with Crippen molar-refractivity contribution in [1.82, 2.24) is 19.8 Å². The monoisotopic (exact) mass is 715 g/mol. The van der Waals surface area contributed by atoms with E-state index in [-0.39, 0.29) is 0 Å². The Morgan fingerprint density at radius 1 is 0.980 bits per heavy atom. The Hall–Kier alpha value is -4.12. The van der Waals surface area contributed by atoms with Crippen LogP contribution in [0.5, 0.6) is 11.5 Å². The van der Waals surface area contributed by atoms with Crippen LogP contribution in [-0.2, 0) is 4.57 Å². The number of piperazine rings is 1. The Bertz CT molecular complexity index is 1790. The fourth-order valence-corrected chi connectivity index (χ4v) is 8.24. The van der Waals surface area contributed by atoms with Crippen molar-refractivity contribution in [3.05, 3.63) is 53.9 Å². The number of anilines is 5. The molecule has 2 aliphatic heterocycles. The molecule has 0 bridgehead atoms. The van der Waals surface area contributed by atoms with Gasteiger partial charge >= 0.3 is 0 Å². The van der Waals surface area contributed by atoms with E-state index in [4.69, 9.17) is 20.2 Å². The smallest absolute Gasteiger partial charge is 0.229 e. The lowest BCUT2D eigenvalue weighted by atomic mass is 9.98. The molecule has 1 saturated carbocycles. The molecule has 3 aliphatic rings. The van der Waals surface area contributed by atoms with Gasteiger partial charge in [0.25, 0.3) is 0 Å². The third-order valence-electron chi connectivity index (χ3n) is 10.2. The van der Waals surface area contributed by atoms with Crippen LogP contribution in [0.1, 0.15) is 49.7 Å². The number of rotatable bonds is 13. The summed E-state index contributed by atoms with van der Waals surface area (Å²) in [6.45, 7) is 12.6. The zero-order valence-electron chi connectivity index (χ0n) is 31.0. The summed E-state index contributed by atoms with van der Waals surface area (Å²) >= 11 is 0. The number of benzene rings is 2. The minimum Gasteiger partial charge on any atom is -0.494 e. The van der Waals surface area contributed by atoms with E-state index in [0.717, 1.165) is 79.9 Å². The summed E-state index contributed by atoms with van der Waals surface area (Å²) in [7, 11) is 2.86. The molecule has 274 valence electrons. The SMILES string of the molecule is CCN=CC(=CN)c1cc(Nc2ncc(OC)c(Nc3ccc(C4CC4)cc3P(C)(C)=O)n2)c(OC)cc1N1CCC(N2CCN(C)CC2)CC1. The molecule has 6 rings (SSSR count). The number of methoxy groups -OCH3 is 2. The van der Waals surface area contributed by atoms with Gasteiger partial charge in [0.05, 0.1) is 31.8 Å². The Morgan fingerprint density at radius 2 is 1.71 bits per heavy atom. The van der Waals surface area contributed by atoms with Crippen molar-refractivity contribution in [1.29, 1.82) is 0 Å². The van der Waals surface area contributed by atoms with E-state index in [1.54, 1.807) is 39.9 Å². The van der Waals surface area contributed by atoms with Crippen molar-refractivity contribution in [3.8, 4) is 11.5 Å². The molecule has 3 fully saturated rings. The zero-order chi connectivity index (χ0) is 36.1. The lowest BCUT2D eigenvalue weighted by Crippen LogP contribution is -2.52. The number of piperidine rings is 1. The first-order valence-electron chi connectivity index (χ1n) is 18.1. The molecule has 3 aromatic rings. The minimum absolute atomic E-state index is 0.344. The predicted octanol–water partition coefficient (Wildman–Crippen LogP) is 5.71. The maximum Gasteiger partial charge on any atom is 0.229 e. The fourth-order valence-electron chi connectivity index (χ4n) is 7.07. The highest BCUT2D eigenvalue weighted by Gasteiger charge is 2.29. The first kappa shape index (κ1) is 36.7. The van der Waals surface area contributed by atoms with Crippen LogP contribution in [0.15, 0.2) is 47.7 Å². The summed E-state index contributed by atoms with van der Waals surface area (Å²) in [6, 6.07) is 10.9. The number of nitrogens with zero attached hydrogens (tertiary/aromatic N) is 6. The van der Waals surface area contributed by atoms with E-state index in [1.807, 2.05) is 25.3 Å².